The van der Waals surface area contributed by atoms with Crippen LogP contribution in [0.5, 0.6) is 0 Å². The van der Waals surface area contributed by atoms with Crippen LogP contribution in [-0.2, 0) is 6.42 Å². The van der Waals surface area contributed by atoms with E-state index in [4.69, 9.17) is 0 Å². The summed E-state index contributed by atoms with van der Waals surface area (Å²) in [7, 11) is 0. The van der Waals surface area contributed by atoms with Crippen LogP contribution >= 0.6 is 0 Å². The molecule has 0 aromatic heterocycles. The normalized spacial score (nSPS) is 11.1. The van der Waals surface area contributed by atoms with Gasteiger partial charge in [0.1, 0.15) is 0 Å². The van der Waals surface area contributed by atoms with Gasteiger partial charge in [-0.25, -0.2) is 5.43 Å². The van der Waals surface area contributed by atoms with E-state index in [1.807, 2.05) is 50.2 Å². The fourth-order valence-corrected chi connectivity index (χ4v) is 2.93. The Hall–Kier alpha value is -3.73. The van der Waals surface area contributed by atoms with Crippen molar-refractivity contribution in [3.05, 3.63) is 101 Å². The minimum atomic E-state index is -0.286. The third kappa shape index (κ3) is 6.14. The summed E-state index contributed by atoms with van der Waals surface area (Å²) >= 11 is 0. The second-order valence-corrected chi connectivity index (χ2v) is 7.17. The second-order valence-electron chi connectivity index (χ2n) is 7.17. The van der Waals surface area contributed by atoms with Crippen LogP contribution in [-0.4, -0.2) is 17.5 Å². The molecule has 0 radical (unpaired) electrons. The lowest BCUT2D eigenvalue weighted by molar-refractivity contribution is 0.0954. The third-order valence-electron chi connectivity index (χ3n) is 4.65. The summed E-state index contributed by atoms with van der Waals surface area (Å²) < 4.78 is 0. The molecule has 0 aliphatic carbocycles. The second kappa shape index (κ2) is 10.2. The first kappa shape index (κ1) is 21.0. The number of hydrogen-bond donors (Lipinski definition) is 2. The number of nitrogens with one attached hydrogen (secondary N) is 2. The first-order valence-electron chi connectivity index (χ1n) is 9.87. The van der Waals surface area contributed by atoms with E-state index in [-0.39, 0.29) is 11.8 Å². The third-order valence-corrected chi connectivity index (χ3v) is 4.65. The molecule has 30 heavy (non-hydrogen) atoms. The van der Waals surface area contributed by atoms with Gasteiger partial charge in [0.25, 0.3) is 11.8 Å². The highest BCUT2D eigenvalue weighted by molar-refractivity contribution is 6.04. The Kier molecular flexibility index (Phi) is 7.11. The molecule has 0 saturated heterocycles. The van der Waals surface area contributed by atoms with Gasteiger partial charge < -0.3 is 5.32 Å². The molecule has 0 aliphatic heterocycles. The van der Waals surface area contributed by atoms with Crippen LogP contribution in [0.4, 0.5) is 5.69 Å². The van der Waals surface area contributed by atoms with Gasteiger partial charge in [-0.05, 0) is 68.7 Å². The average Bonchev–Trinajstić information content (AvgIpc) is 2.77. The predicted octanol–water partition coefficient (Wildman–Crippen LogP) is 4.99. The smallest absolute Gasteiger partial charge is 0.271 e. The predicted molar refractivity (Wildman–Crippen MR) is 121 cm³/mol. The number of carbonyl (C=O) groups is 2. The molecular formula is C25H25N3O2. The van der Waals surface area contributed by atoms with Crippen molar-refractivity contribution in [1.29, 1.82) is 0 Å². The Morgan fingerprint density at radius 2 is 1.57 bits per heavy atom. The Morgan fingerprint density at radius 3 is 2.27 bits per heavy atom. The van der Waals surface area contributed by atoms with Crippen LogP contribution < -0.4 is 10.7 Å². The van der Waals surface area contributed by atoms with E-state index < -0.39 is 0 Å². The van der Waals surface area contributed by atoms with Gasteiger partial charge in [0.15, 0.2) is 0 Å². The van der Waals surface area contributed by atoms with Crippen molar-refractivity contribution in [2.24, 2.45) is 5.10 Å². The molecule has 2 amide bonds. The van der Waals surface area contributed by atoms with Crippen LogP contribution in [0.2, 0.25) is 0 Å². The molecule has 0 atom stereocenters. The van der Waals surface area contributed by atoms with Gasteiger partial charge in [0, 0.05) is 22.5 Å². The lowest BCUT2D eigenvalue weighted by atomic mass is 10.1. The van der Waals surface area contributed by atoms with Gasteiger partial charge in [-0.3, -0.25) is 9.59 Å². The summed E-state index contributed by atoms with van der Waals surface area (Å²) in [5, 5.41) is 7.02. The zero-order chi connectivity index (χ0) is 21.3. The molecule has 5 heteroatoms. The lowest BCUT2D eigenvalue weighted by Crippen LogP contribution is -2.19. The Labute approximate surface area is 176 Å². The maximum atomic E-state index is 12.3. The van der Waals surface area contributed by atoms with Crippen LogP contribution in [0.1, 0.15) is 45.2 Å². The van der Waals surface area contributed by atoms with Gasteiger partial charge >= 0.3 is 0 Å². The van der Waals surface area contributed by atoms with Crippen molar-refractivity contribution < 1.29 is 9.59 Å². The van der Waals surface area contributed by atoms with Crippen LogP contribution in [0.3, 0.4) is 0 Å². The van der Waals surface area contributed by atoms with Crippen molar-refractivity contribution in [3.8, 4) is 0 Å². The topological polar surface area (TPSA) is 70.6 Å². The highest BCUT2D eigenvalue weighted by Gasteiger charge is 2.08. The number of anilines is 1. The Morgan fingerprint density at radius 1 is 0.833 bits per heavy atom. The molecule has 5 nitrogen and oxygen atoms in total. The van der Waals surface area contributed by atoms with E-state index in [2.05, 4.69) is 28.0 Å². The number of rotatable bonds is 7. The molecule has 0 spiro atoms. The molecule has 2 N–H and O–H groups in total. The van der Waals surface area contributed by atoms with E-state index in [1.54, 1.807) is 30.3 Å². The molecule has 0 fully saturated rings. The molecule has 3 rings (SSSR count). The van der Waals surface area contributed by atoms with Crippen molar-refractivity contribution in [1.82, 2.24) is 5.43 Å². The molecule has 0 unspecified atom stereocenters. The van der Waals surface area contributed by atoms with E-state index in [0.29, 0.717) is 16.8 Å². The molecule has 3 aromatic carbocycles. The van der Waals surface area contributed by atoms with Crippen LogP contribution in [0.15, 0.2) is 84.0 Å². The minimum absolute atomic E-state index is 0.186. The number of nitrogens with zero attached hydrogens (tertiary/aromatic N) is 1. The summed E-state index contributed by atoms with van der Waals surface area (Å²) in [5.74, 6) is -0.472. The van der Waals surface area contributed by atoms with Gasteiger partial charge in [-0.15, -0.1) is 0 Å². The minimum Gasteiger partial charge on any atom is -0.322 e. The highest BCUT2D eigenvalue weighted by atomic mass is 16.2. The lowest BCUT2D eigenvalue weighted by Gasteiger charge is -2.07. The van der Waals surface area contributed by atoms with Gasteiger partial charge in [0.05, 0.1) is 0 Å². The summed E-state index contributed by atoms with van der Waals surface area (Å²) in [6.45, 7) is 3.84. The van der Waals surface area contributed by atoms with Crippen molar-refractivity contribution in [2.75, 3.05) is 5.32 Å². The fourth-order valence-electron chi connectivity index (χ4n) is 2.93. The van der Waals surface area contributed by atoms with Gasteiger partial charge in [0.2, 0.25) is 0 Å². The van der Waals surface area contributed by atoms with Gasteiger partial charge in [-0.2, -0.15) is 5.10 Å². The zero-order valence-corrected chi connectivity index (χ0v) is 17.2. The number of hydrogen-bond acceptors (Lipinski definition) is 3. The van der Waals surface area contributed by atoms with Crippen LogP contribution in [0.25, 0.3) is 0 Å². The fraction of sp³-hybridized carbons (Fsp3) is 0.160. The molecule has 0 heterocycles. The monoisotopic (exact) mass is 399 g/mol. The van der Waals surface area contributed by atoms with E-state index in [0.717, 1.165) is 24.1 Å². The molecule has 0 aliphatic rings. The first-order valence-corrected chi connectivity index (χ1v) is 9.87. The molecular weight excluding hydrogens is 374 g/mol. The highest BCUT2D eigenvalue weighted by Crippen LogP contribution is 2.12. The molecule has 0 bridgehead atoms. The maximum Gasteiger partial charge on any atom is 0.271 e. The number of amides is 2. The average molecular weight is 399 g/mol. The standard InChI is InChI=1S/C25H25N3O2/c1-18-7-6-10-22(17-18)24(29)26-23-15-13-21(14-16-23)25(30)28-27-19(2)11-12-20-8-4-3-5-9-20/h3-10,13-17H,11-12H2,1-2H3,(H,26,29)(H,28,30)/b27-19+. The summed E-state index contributed by atoms with van der Waals surface area (Å²) in [6.07, 6.45) is 1.65. The zero-order valence-electron chi connectivity index (χ0n) is 17.2. The largest absolute Gasteiger partial charge is 0.322 e. The van der Waals surface area contributed by atoms with E-state index >= 15 is 0 Å². The number of benzene rings is 3. The van der Waals surface area contributed by atoms with Crippen molar-refractivity contribution >= 4 is 23.2 Å². The summed E-state index contributed by atoms with van der Waals surface area (Å²) in [5.41, 5.74) is 7.40. The maximum absolute atomic E-state index is 12.3. The van der Waals surface area contributed by atoms with E-state index in [1.165, 1.54) is 5.56 Å². The molecule has 0 saturated carbocycles. The Balaban J connectivity index is 1.52. The van der Waals surface area contributed by atoms with E-state index in [9.17, 15) is 9.59 Å². The molecule has 152 valence electrons. The van der Waals surface area contributed by atoms with Gasteiger partial charge in [-0.1, -0.05) is 48.0 Å². The summed E-state index contributed by atoms with van der Waals surface area (Å²) in [6, 6.07) is 24.3. The SMILES string of the molecule is C/C(CCc1ccccc1)=N\NC(=O)c1ccc(NC(=O)c2cccc(C)c2)cc1. The number of hydrazone groups is 1. The first-order chi connectivity index (χ1) is 14.5. The van der Waals surface area contributed by atoms with Crippen molar-refractivity contribution in [3.63, 3.8) is 0 Å². The summed E-state index contributed by atoms with van der Waals surface area (Å²) in [4.78, 5) is 24.6. The van der Waals surface area contributed by atoms with Crippen molar-refractivity contribution in [2.45, 2.75) is 26.7 Å². The Bertz CT molecular complexity index is 1040. The molecule has 3 aromatic rings. The number of aryl methyl sites for hydroxylation is 2. The quantitative estimate of drug-likeness (QED) is 0.434. The van der Waals surface area contributed by atoms with Crippen LogP contribution in [0, 0.1) is 6.92 Å². The number of carbonyl (C=O) groups excluding carboxylic acids is 2.